The molecule has 0 fully saturated rings. The summed E-state index contributed by atoms with van der Waals surface area (Å²) in [5, 5.41) is 0.772. The molecule has 2 aromatic carbocycles. The van der Waals surface area contributed by atoms with Gasteiger partial charge in [-0.05, 0) is 30.2 Å². The molecule has 0 N–H and O–H groups in total. The lowest BCUT2D eigenvalue weighted by Crippen LogP contribution is -1.92. The number of rotatable bonds is 2. The van der Waals surface area contributed by atoms with Crippen LogP contribution >= 0.6 is 27.5 Å². The summed E-state index contributed by atoms with van der Waals surface area (Å²) in [5.74, 6) is 0. The number of alkyl halides is 1. The van der Waals surface area contributed by atoms with Crippen LogP contribution in [0.5, 0.6) is 0 Å². The molecule has 0 aliphatic heterocycles. The van der Waals surface area contributed by atoms with Crippen LogP contribution in [0.15, 0.2) is 48.5 Å². The van der Waals surface area contributed by atoms with Gasteiger partial charge in [-0.15, -0.1) is 0 Å². The Morgan fingerprint density at radius 1 is 1.00 bits per heavy atom. The number of hydrogen-bond donors (Lipinski definition) is 0. The molecule has 2 heteroatoms. The van der Waals surface area contributed by atoms with Gasteiger partial charge in [0.2, 0.25) is 0 Å². The quantitative estimate of drug-likeness (QED) is 0.674. The normalized spacial score (nSPS) is 12.4. The van der Waals surface area contributed by atoms with E-state index in [1.165, 1.54) is 16.7 Å². The summed E-state index contributed by atoms with van der Waals surface area (Å²) >= 11 is 9.67. The fourth-order valence-corrected chi connectivity index (χ4v) is 2.38. The van der Waals surface area contributed by atoms with Crippen LogP contribution in [0.1, 0.15) is 21.5 Å². The number of hydrogen-bond acceptors (Lipinski definition) is 0. The zero-order chi connectivity index (χ0) is 11.5. The van der Waals surface area contributed by atoms with Gasteiger partial charge in [0.05, 0.1) is 4.83 Å². The van der Waals surface area contributed by atoms with Crippen LogP contribution in [-0.2, 0) is 0 Å². The third kappa shape index (κ3) is 2.66. The molecule has 0 aromatic heterocycles. The van der Waals surface area contributed by atoms with E-state index in [2.05, 4.69) is 53.2 Å². The molecule has 82 valence electrons. The second-order valence-electron chi connectivity index (χ2n) is 3.83. The van der Waals surface area contributed by atoms with Crippen LogP contribution in [0, 0.1) is 6.92 Å². The number of halogens is 2. The minimum Gasteiger partial charge on any atom is -0.0843 e. The van der Waals surface area contributed by atoms with Gasteiger partial charge in [0.15, 0.2) is 0 Å². The first-order valence-corrected chi connectivity index (χ1v) is 6.42. The molecular formula is C14H12BrCl. The average molecular weight is 296 g/mol. The molecule has 0 amide bonds. The van der Waals surface area contributed by atoms with E-state index >= 15 is 0 Å². The first-order chi connectivity index (χ1) is 7.66. The van der Waals surface area contributed by atoms with Crippen molar-refractivity contribution in [3.8, 4) is 0 Å². The lowest BCUT2D eigenvalue weighted by Gasteiger charge is -2.11. The maximum atomic E-state index is 5.98. The van der Waals surface area contributed by atoms with E-state index in [0.717, 1.165) is 5.02 Å². The van der Waals surface area contributed by atoms with Crippen LogP contribution < -0.4 is 0 Å². The topological polar surface area (TPSA) is 0 Å². The fourth-order valence-electron chi connectivity index (χ4n) is 1.59. The van der Waals surface area contributed by atoms with Crippen LogP contribution in [0.3, 0.4) is 0 Å². The smallest absolute Gasteiger partial charge is 0.0645 e. The molecular weight excluding hydrogens is 284 g/mol. The monoisotopic (exact) mass is 294 g/mol. The summed E-state index contributed by atoms with van der Waals surface area (Å²) in [4.78, 5) is 0.201. The fraction of sp³-hybridized carbons (Fsp3) is 0.143. The molecule has 0 saturated heterocycles. The Morgan fingerprint density at radius 2 is 1.69 bits per heavy atom. The van der Waals surface area contributed by atoms with Gasteiger partial charge in [-0.1, -0.05) is 69.5 Å². The molecule has 0 spiro atoms. The third-order valence-corrected chi connectivity index (χ3v) is 3.80. The van der Waals surface area contributed by atoms with E-state index < -0.39 is 0 Å². The van der Waals surface area contributed by atoms with E-state index in [9.17, 15) is 0 Å². The predicted octanol–water partition coefficient (Wildman–Crippen LogP) is 5.13. The summed E-state index contributed by atoms with van der Waals surface area (Å²) in [5.41, 5.74) is 3.69. The first kappa shape index (κ1) is 11.7. The second kappa shape index (κ2) is 5.03. The molecule has 16 heavy (non-hydrogen) atoms. The molecule has 0 saturated carbocycles. The van der Waals surface area contributed by atoms with E-state index in [1.807, 2.05) is 18.2 Å². The molecule has 0 aliphatic rings. The molecule has 0 radical (unpaired) electrons. The highest BCUT2D eigenvalue weighted by Gasteiger charge is 2.09. The van der Waals surface area contributed by atoms with Gasteiger partial charge >= 0.3 is 0 Å². The Morgan fingerprint density at radius 3 is 2.31 bits per heavy atom. The van der Waals surface area contributed by atoms with Crippen LogP contribution in [-0.4, -0.2) is 0 Å². The Hall–Kier alpha value is -0.790. The largest absolute Gasteiger partial charge is 0.0843 e. The van der Waals surface area contributed by atoms with Crippen molar-refractivity contribution >= 4 is 27.5 Å². The molecule has 1 unspecified atom stereocenters. The molecule has 0 aliphatic carbocycles. The lowest BCUT2D eigenvalue weighted by atomic mass is 10.0. The van der Waals surface area contributed by atoms with Gasteiger partial charge in [0.1, 0.15) is 0 Å². The Bertz CT molecular complexity index is 476. The van der Waals surface area contributed by atoms with Crippen LogP contribution in [0.4, 0.5) is 0 Å². The van der Waals surface area contributed by atoms with Crippen molar-refractivity contribution in [1.29, 1.82) is 0 Å². The summed E-state index contributed by atoms with van der Waals surface area (Å²) in [6.07, 6.45) is 0. The molecule has 0 bridgehead atoms. The highest BCUT2D eigenvalue weighted by atomic mass is 79.9. The van der Waals surface area contributed by atoms with E-state index in [-0.39, 0.29) is 4.83 Å². The standard InChI is InChI=1S/C14H12BrCl/c1-10-5-7-11(8-6-10)14(15)12-3-2-4-13(16)9-12/h2-9,14H,1H3. The van der Waals surface area contributed by atoms with Crippen molar-refractivity contribution in [3.05, 3.63) is 70.2 Å². The van der Waals surface area contributed by atoms with Crippen molar-refractivity contribution in [3.63, 3.8) is 0 Å². The summed E-state index contributed by atoms with van der Waals surface area (Å²) in [6.45, 7) is 2.09. The molecule has 2 rings (SSSR count). The van der Waals surface area contributed by atoms with Crippen molar-refractivity contribution in [2.45, 2.75) is 11.8 Å². The third-order valence-electron chi connectivity index (χ3n) is 2.51. The average Bonchev–Trinajstić information content (AvgIpc) is 2.29. The molecule has 0 heterocycles. The molecule has 0 nitrogen and oxygen atoms in total. The van der Waals surface area contributed by atoms with Gasteiger partial charge < -0.3 is 0 Å². The minimum absolute atomic E-state index is 0.201. The van der Waals surface area contributed by atoms with Crippen LogP contribution in [0.25, 0.3) is 0 Å². The first-order valence-electron chi connectivity index (χ1n) is 5.13. The van der Waals surface area contributed by atoms with Crippen molar-refractivity contribution in [2.24, 2.45) is 0 Å². The van der Waals surface area contributed by atoms with E-state index in [1.54, 1.807) is 0 Å². The van der Waals surface area contributed by atoms with Gasteiger partial charge in [-0.3, -0.25) is 0 Å². The van der Waals surface area contributed by atoms with Crippen LogP contribution in [0.2, 0.25) is 5.02 Å². The van der Waals surface area contributed by atoms with Crippen molar-refractivity contribution in [2.75, 3.05) is 0 Å². The minimum atomic E-state index is 0.201. The molecule has 1 atom stereocenters. The second-order valence-corrected chi connectivity index (χ2v) is 5.18. The van der Waals surface area contributed by atoms with Crippen molar-refractivity contribution < 1.29 is 0 Å². The zero-order valence-corrected chi connectivity index (χ0v) is 11.3. The Kier molecular flexibility index (Phi) is 3.67. The summed E-state index contributed by atoms with van der Waals surface area (Å²) in [6, 6.07) is 16.4. The maximum absolute atomic E-state index is 5.98. The lowest BCUT2D eigenvalue weighted by molar-refractivity contribution is 1.17. The van der Waals surface area contributed by atoms with Gasteiger partial charge in [0, 0.05) is 5.02 Å². The highest BCUT2D eigenvalue weighted by Crippen LogP contribution is 2.31. The van der Waals surface area contributed by atoms with Gasteiger partial charge in [-0.2, -0.15) is 0 Å². The number of benzene rings is 2. The van der Waals surface area contributed by atoms with Gasteiger partial charge in [-0.25, -0.2) is 0 Å². The summed E-state index contributed by atoms with van der Waals surface area (Å²) < 4.78 is 0. The van der Waals surface area contributed by atoms with Gasteiger partial charge in [0.25, 0.3) is 0 Å². The predicted molar refractivity (Wildman–Crippen MR) is 73.4 cm³/mol. The van der Waals surface area contributed by atoms with Crippen molar-refractivity contribution in [1.82, 2.24) is 0 Å². The van der Waals surface area contributed by atoms with E-state index in [4.69, 9.17) is 11.6 Å². The molecule has 2 aromatic rings. The van der Waals surface area contributed by atoms with E-state index in [0.29, 0.717) is 0 Å². The SMILES string of the molecule is Cc1ccc(C(Br)c2cccc(Cl)c2)cc1. The maximum Gasteiger partial charge on any atom is 0.0645 e. The number of aryl methyl sites for hydroxylation is 1. The highest BCUT2D eigenvalue weighted by molar-refractivity contribution is 9.09. The zero-order valence-electron chi connectivity index (χ0n) is 8.95. The Labute approximate surface area is 109 Å². The Balaban J connectivity index is 2.31. The summed E-state index contributed by atoms with van der Waals surface area (Å²) in [7, 11) is 0.